The number of rotatable bonds is 7. The first-order valence-electron chi connectivity index (χ1n) is 9.64. The molecule has 1 aromatic heterocycles. The van der Waals surface area contributed by atoms with Crippen LogP contribution in [0.3, 0.4) is 0 Å². The predicted octanol–water partition coefficient (Wildman–Crippen LogP) is 3.85. The van der Waals surface area contributed by atoms with Gasteiger partial charge in [0.2, 0.25) is 5.91 Å². The molecule has 0 unspecified atom stereocenters. The lowest BCUT2D eigenvalue weighted by Crippen LogP contribution is -2.27. The number of amides is 2. The van der Waals surface area contributed by atoms with Gasteiger partial charge in [-0.15, -0.1) is 11.3 Å². The van der Waals surface area contributed by atoms with E-state index in [0.717, 1.165) is 17.7 Å². The minimum atomic E-state index is -0.238. The average Bonchev–Trinajstić information content (AvgIpc) is 3.49. The van der Waals surface area contributed by atoms with E-state index in [0.29, 0.717) is 41.1 Å². The van der Waals surface area contributed by atoms with Crippen LogP contribution in [0.4, 0.5) is 5.69 Å². The molecular formula is C22H24N2O4S. The summed E-state index contributed by atoms with van der Waals surface area (Å²) in [7, 11) is 3.03. The number of hydrogen-bond acceptors (Lipinski definition) is 5. The van der Waals surface area contributed by atoms with Gasteiger partial charge in [0.15, 0.2) is 11.5 Å². The molecule has 2 N–H and O–H groups in total. The summed E-state index contributed by atoms with van der Waals surface area (Å²) in [6.45, 7) is 0.448. The molecule has 0 aliphatic heterocycles. The molecule has 0 spiro atoms. The molecule has 29 heavy (non-hydrogen) atoms. The Balaban J connectivity index is 1.54. The second-order valence-corrected chi connectivity index (χ2v) is 8.43. The number of fused-ring (bicyclic) bond motifs is 2. The van der Waals surface area contributed by atoms with Crippen molar-refractivity contribution < 1.29 is 19.1 Å². The van der Waals surface area contributed by atoms with Crippen molar-refractivity contribution in [2.75, 3.05) is 19.5 Å². The topological polar surface area (TPSA) is 76.7 Å². The number of nitrogens with one attached hydrogen (secondary N) is 2. The minimum Gasteiger partial charge on any atom is -0.493 e. The molecule has 2 aliphatic rings. The molecule has 2 aliphatic carbocycles. The zero-order chi connectivity index (χ0) is 20.4. The van der Waals surface area contributed by atoms with Gasteiger partial charge in [-0.05, 0) is 48.3 Å². The molecule has 1 fully saturated rings. The van der Waals surface area contributed by atoms with E-state index in [-0.39, 0.29) is 17.7 Å². The summed E-state index contributed by atoms with van der Waals surface area (Å²) in [5.74, 6) is 1.29. The van der Waals surface area contributed by atoms with Crippen LogP contribution in [0.25, 0.3) is 0 Å². The molecular weight excluding hydrogens is 388 g/mol. The molecule has 0 saturated heterocycles. The Labute approximate surface area is 173 Å². The third-order valence-corrected chi connectivity index (χ3v) is 6.49. The maximum Gasteiger partial charge on any atom is 0.251 e. The first-order valence-corrected chi connectivity index (χ1v) is 10.5. The van der Waals surface area contributed by atoms with E-state index in [9.17, 15) is 9.59 Å². The Kier molecular flexibility index (Phi) is 5.58. The fourth-order valence-electron chi connectivity index (χ4n) is 4.18. The summed E-state index contributed by atoms with van der Waals surface area (Å²) in [4.78, 5) is 26.6. The number of anilines is 1. The van der Waals surface area contributed by atoms with Crippen LogP contribution in [0.5, 0.6) is 11.5 Å². The summed E-state index contributed by atoms with van der Waals surface area (Å²) < 4.78 is 10.9. The van der Waals surface area contributed by atoms with Crippen LogP contribution in [0.2, 0.25) is 0 Å². The van der Waals surface area contributed by atoms with Gasteiger partial charge in [0.05, 0.1) is 26.5 Å². The molecule has 4 rings (SSSR count). The van der Waals surface area contributed by atoms with E-state index in [4.69, 9.17) is 9.47 Å². The monoisotopic (exact) mass is 412 g/mol. The highest BCUT2D eigenvalue weighted by Gasteiger charge is 2.40. The van der Waals surface area contributed by atoms with Crippen molar-refractivity contribution in [3.8, 4) is 11.5 Å². The first kappa shape index (κ1) is 19.5. The lowest BCUT2D eigenvalue weighted by molar-refractivity contribution is -0.120. The van der Waals surface area contributed by atoms with Crippen LogP contribution in [-0.2, 0) is 11.3 Å². The van der Waals surface area contributed by atoms with Gasteiger partial charge in [-0.3, -0.25) is 9.59 Å². The van der Waals surface area contributed by atoms with Gasteiger partial charge in [-0.2, -0.15) is 0 Å². The van der Waals surface area contributed by atoms with Gasteiger partial charge in [-0.1, -0.05) is 18.2 Å². The summed E-state index contributed by atoms with van der Waals surface area (Å²) in [5, 5.41) is 7.84. The smallest absolute Gasteiger partial charge is 0.251 e. The molecule has 1 aromatic carbocycles. The highest BCUT2D eigenvalue weighted by atomic mass is 32.1. The summed E-state index contributed by atoms with van der Waals surface area (Å²) in [6, 6.07) is 7.18. The molecule has 7 heteroatoms. The van der Waals surface area contributed by atoms with E-state index in [1.54, 1.807) is 23.5 Å². The molecule has 1 heterocycles. The third-order valence-electron chi connectivity index (χ3n) is 5.62. The third kappa shape index (κ3) is 4.00. The van der Waals surface area contributed by atoms with Crippen molar-refractivity contribution in [1.82, 2.24) is 5.32 Å². The zero-order valence-corrected chi connectivity index (χ0v) is 17.3. The number of carbonyl (C=O) groups is 2. The van der Waals surface area contributed by atoms with Crippen molar-refractivity contribution in [3.05, 3.63) is 52.2 Å². The lowest BCUT2D eigenvalue weighted by atomic mass is 9.92. The molecule has 152 valence electrons. The Morgan fingerprint density at radius 1 is 1.17 bits per heavy atom. The van der Waals surface area contributed by atoms with Crippen LogP contribution in [0.15, 0.2) is 41.8 Å². The van der Waals surface area contributed by atoms with Gasteiger partial charge in [-0.25, -0.2) is 0 Å². The van der Waals surface area contributed by atoms with Crippen LogP contribution >= 0.6 is 11.3 Å². The van der Waals surface area contributed by atoms with Gasteiger partial charge in [0, 0.05) is 16.4 Å². The van der Waals surface area contributed by atoms with Crippen LogP contribution < -0.4 is 20.1 Å². The van der Waals surface area contributed by atoms with Crippen LogP contribution in [0, 0.1) is 17.8 Å². The Morgan fingerprint density at radius 3 is 2.66 bits per heavy atom. The van der Waals surface area contributed by atoms with Crippen molar-refractivity contribution in [2.24, 2.45) is 17.8 Å². The normalized spacial score (nSPS) is 21.8. The van der Waals surface area contributed by atoms with Gasteiger partial charge in [0.1, 0.15) is 0 Å². The Hall–Kier alpha value is -2.80. The van der Waals surface area contributed by atoms with Crippen molar-refractivity contribution in [1.29, 1.82) is 0 Å². The molecule has 6 nitrogen and oxygen atoms in total. The van der Waals surface area contributed by atoms with Gasteiger partial charge in [0.25, 0.3) is 5.91 Å². The maximum absolute atomic E-state index is 12.9. The molecule has 1 saturated carbocycles. The molecule has 2 aromatic rings. The number of benzene rings is 1. The molecule has 0 radical (unpaired) electrons. The summed E-state index contributed by atoms with van der Waals surface area (Å²) in [6.07, 6.45) is 6.26. The fraction of sp³-hybridized carbons (Fsp3) is 0.364. The predicted molar refractivity (Wildman–Crippen MR) is 113 cm³/mol. The Morgan fingerprint density at radius 2 is 2.03 bits per heavy atom. The summed E-state index contributed by atoms with van der Waals surface area (Å²) >= 11 is 1.58. The highest BCUT2D eigenvalue weighted by molar-refractivity contribution is 7.09. The largest absolute Gasteiger partial charge is 0.493 e. The number of ether oxygens (including phenoxy) is 2. The van der Waals surface area contributed by atoms with Crippen molar-refractivity contribution >= 4 is 28.8 Å². The van der Waals surface area contributed by atoms with Crippen molar-refractivity contribution in [3.63, 3.8) is 0 Å². The van der Waals surface area contributed by atoms with E-state index in [1.807, 2.05) is 17.5 Å². The molecule has 2 amide bonds. The average molecular weight is 413 g/mol. The van der Waals surface area contributed by atoms with Gasteiger partial charge < -0.3 is 20.1 Å². The number of methoxy groups -OCH3 is 2. The molecule has 2 bridgehead atoms. The highest BCUT2D eigenvalue weighted by Crippen LogP contribution is 2.44. The quantitative estimate of drug-likeness (QED) is 0.678. The maximum atomic E-state index is 12.9. The lowest BCUT2D eigenvalue weighted by Gasteiger charge is -2.20. The first-order chi connectivity index (χ1) is 14.1. The van der Waals surface area contributed by atoms with Crippen LogP contribution in [-0.4, -0.2) is 26.0 Å². The number of thiophene rings is 1. The second kappa shape index (κ2) is 8.29. The van der Waals surface area contributed by atoms with E-state index < -0.39 is 0 Å². The number of hydrogen-bond donors (Lipinski definition) is 2. The van der Waals surface area contributed by atoms with Crippen LogP contribution in [0.1, 0.15) is 28.1 Å². The van der Waals surface area contributed by atoms with Gasteiger partial charge >= 0.3 is 0 Å². The summed E-state index contributed by atoms with van der Waals surface area (Å²) in [5.41, 5.74) is 0.854. The van der Waals surface area contributed by atoms with E-state index in [2.05, 4.69) is 22.8 Å². The molecule has 3 atom stereocenters. The Bertz CT molecular complexity index is 939. The number of allylic oxidation sites excluding steroid dienone is 2. The van der Waals surface area contributed by atoms with Crippen molar-refractivity contribution in [2.45, 2.75) is 19.4 Å². The fourth-order valence-corrected chi connectivity index (χ4v) is 4.82. The number of carbonyl (C=O) groups excluding carboxylic acids is 2. The SMILES string of the molecule is COc1cc(C(=O)NCc2cccs2)cc(NC(=O)[C@H]2C[C@@H]3C=C[C@H]2C3)c1OC. The van der Waals surface area contributed by atoms with E-state index in [1.165, 1.54) is 14.2 Å². The minimum absolute atomic E-state index is 0.0432. The standard InChI is InChI=1S/C22H24N2O4S/c1-27-19-11-15(21(25)23-12-16-4-3-7-29-16)10-18(20(19)28-2)24-22(26)17-9-13-5-6-14(17)8-13/h3-7,10-11,13-14,17H,8-9,12H2,1-2H3,(H,23,25)(H,24,26)/t13-,14+,17+/m1/s1. The van der Waals surface area contributed by atoms with E-state index >= 15 is 0 Å². The zero-order valence-electron chi connectivity index (χ0n) is 16.4. The second-order valence-electron chi connectivity index (χ2n) is 7.40.